The van der Waals surface area contributed by atoms with Crippen molar-refractivity contribution in [3.8, 4) is 0 Å². The second-order valence-electron chi connectivity index (χ2n) is 3.33. The summed E-state index contributed by atoms with van der Waals surface area (Å²) >= 11 is 2.05. The molecule has 0 heterocycles. The standard InChI is InChI=1S/C11H17S.2ClH.Ti/c1-10(2)12-9-5-8-11-6-3-4-7-11;;;/h3,6,10H,4-5,8-9H2,1-2H3;2*1H;/q-1;;;+3/p-2. The van der Waals surface area contributed by atoms with E-state index in [9.17, 15) is 0 Å². The first-order valence-electron chi connectivity index (χ1n) is 4.67. The van der Waals surface area contributed by atoms with Crippen molar-refractivity contribution < 1.29 is 46.5 Å². The van der Waals surface area contributed by atoms with Crippen LogP contribution in [-0.4, -0.2) is 11.0 Å². The van der Waals surface area contributed by atoms with Gasteiger partial charge in [0, 0.05) is 0 Å². The molecule has 0 N–H and O–H groups in total. The van der Waals surface area contributed by atoms with Crippen molar-refractivity contribution in [1.82, 2.24) is 0 Å². The van der Waals surface area contributed by atoms with E-state index in [-0.39, 0.29) is 46.5 Å². The van der Waals surface area contributed by atoms with Gasteiger partial charge in [0.2, 0.25) is 0 Å². The van der Waals surface area contributed by atoms with E-state index in [2.05, 4.69) is 32.1 Å². The van der Waals surface area contributed by atoms with Gasteiger partial charge in [0.25, 0.3) is 0 Å². The van der Waals surface area contributed by atoms with Gasteiger partial charge in [-0.25, -0.2) is 11.6 Å². The van der Waals surface area contributed by atoms with Crippen LogP contribution in [0.1, 0.15) is 33.1 Å². The third-order valence-electron chi connectivity index (χ3n) is 1.81. The van der Waals surface area contributed by atoms with Crippen LogP contribution in [0.2, 0.25) is 0 Å². The van der Waals surface area contributed by atoms with E-state index < -0.39 is 0 Å². The second-order valence-corrected chi connectivity index (χ2v) is 5.02. The molecule has 0 aromatic carbocycles. The van der Waals surface area contributed by atoms with Crippen molar-refractivity contribution in [2.45, 2.75) is 38.4 Å². The molecule has 1 rings (SSSR count). The molecule has 0 amide bonds. The summed E-state index contributed by atoms with van der Waals surface area (Å²) < 4.78 is 0. The fourth-order valence-electron chi connectivity index (χ4n) is 1.20. The van der Waals surface area contributed by atoms with Gasteiger partial charge in [0.15, 0.2) is 0 Å². The molecule has 0 saturated heterocycles. The molecule has 0 fully saturated rings. The number of allylic oxidation sites excluding steroid dienone is 4. The minimum Gasteiger partial charge on any atom is -1.00 e. The summed E-state index contributed by atoms with van der Waals surface area (Å²) in [5.74, 6) is 1.29. The van der Waals surface area contributed by atoms with Crippen molar-refractivity contribution in [3.63, 3.8) is 0 Å². The topological polar surface area (TPSA) is 0 Å². The quantitative estimate of drug-likeness (QED) is 0.310. The largest absolute Gasteiger partial charge is 3.00 e. The first-order valence-corrected chi connectivity index (χ1v) is 5.72. The molecule has 85 valence electrons. The van der Waals surface area contributed by atoms with E-state index >= 15 is 0 Å². The van der Waals surface area contributed by atoms with E-state index in [0.717, 1.165) is 11.7 Å². The smallest absolute Gasteiger partial charge is 1.00 e. The molecule has 15 heavy (non-hydrogen) atoms. The summed E-state index contributed by atoms with van der Waals surface area (Å²) in [7, 11) is 0. The number of thioether (sulfide) groups is 1. The van der Waals surface area contributed by atoms with E-state index in [1.807, 2.05) is 11.8 Å². The first-order chi connectivity index (χ1) is 5.79. The van der Waals surface area contributed by atoms with Crippen molar-refractivity contribution in [1.29, 1.82) is 0 Å². The summed E-state index contributed by atoms with van der Waals surface area (Å²) in [4.78, 5) is 0. The van der Waals surface area contributed by atoms with Gasteiger partial charge in [-0.3, -0.25) is 6.08 Å². The Morgan fingerprint density at radius 2 is 2.07 bits per heavy atom. The van der Waals surface area contributed by atoms with E-state index in [1.165, 1.54) is 24.2 Å². The van der Waals surface area contributed by atoms with Crippen LogP contribution in [0.4, 0.5) is 0 Å². The molecular weight excluding hydrogens is 283 g/mol. The van der Waals surface area contributed by atoms with Gasteiger partial charge in [0.1, 0.15) is 0 Å². The molecule has 0 saturated carbocycles. The Balaban J connectivity index is -0.000000480. The SMILES string of the molecule is CC(C)SCCCC1=[C-]CC=C1.[Cl-].[Cl-].[Ti+3]. The van der Waals surface area contributed by atoms with Crippen molar-refractivity contribution in [2.24, 2.45) is 0 Å². The molecule has 0 nitrogen and oxygen atoms in total. The zero-order chi connectivity index (χ0) is 8.81. The monoisotopic (exact) mass is 299 g/mol. The minimum atomic E-state index is 0. The Kier molecular flexibility index (Phi) is 18.8. The summed E-state index contributed by atoms with van der Waals surface area (Å²) in [6, 6.07) is 0. The molecule has 0 aromatic heterocycles. The number of hydrogen-bond donors (Lipinski definition) is 0. The van der Waals surface area contributed by atoms with E-state index in [1.54, 1.807) is 0 Å². The van der Waals surface area contributed by atoms with Crippen LogP contribution in [0, 0.1) is 6.08 Å². The van der Waals surface area contributed by atoms with Crippen molar-refractivity contribution in [2.75, 3.05) is 5.75 Å². The molecule has 0 atom stereocenters. The molecule has 0 aromatic rings. The predicted molar refractivity (Wildman–Crippen MR) is 57.3 cm³/mol. The zero-order valence-corrected chi connectivity index (χ0v) is 13.1. The molecule has 0 bridgehead atoms. The Morgan fingerprint density at radius 3 is 2.53 bits per heavy atom. The van der Waals surface area contributed by atoms with Gasteiger partial charge in [-0.2, -0.15) is 17.8 Å². The Bertz CT molecular complexity index is 191. The Labute approximate surface area is 125 Å². The fourth-order valence-corrected chi connectivity index (χ4v) is 1.99. The number of hydrogen-bond acceptors (Lipinski definition) is 1. The molecule has 1 aliphatic rings. The zero-order valence-electron chi connectivity index (χ0n) is 9.22. The van der Waals surface area contributed by atoms with Gasteiger partial charge < -0.3 is 24.8 Å². The van der Waals surface area contributed by atoms with Crippen LogP contribution in [0.15, 0.2) is 17.7 Å². The fraction of sp³-hybridized carbons (Fsp3) is 0.636. The Hall–Kier alpha value is 1.12. The third kappa shape index (κ3) is 11.4. The summed E-state index contributed by atoms with van der Waals surface area (Å²) in [6.45, 7) is 4.51. The van der Waals surface area contributed by atoms with Crippen LogP contribution < -0.4 is 24.8 Å². The summed E-state index contributed by atoms with van der Waals surface area (Å²) in [6.07, 6.45) is 11.3. The maximum absolute atomic E-state index is 3.34. The molecule has 1 radical (unpaired) electrons. The second kappa shape index (κ2) is 13.2. The van der Waals surface area contributed by atoms with Crippen molar-refractivity contribution in [3.05, 3.63) is 23.8 Å². The van der Waals surface area contributed by atoms with Crippen LogP contribution in [0.5, 0.6) is 0 Å². The van der Waals surface area contributed by atoms with Gasteiger partial charge in [-0.05, 0) is 17.4 Å². The average molecular weight is 300 g/mol. The summed E-state index contributed by atoms with van der Waals surface area (Å²) in [5.41, 5.74) is 1.42. The first kappa shape index (κ1) is 21.4. The summed E-state index contributed by atoms with van der Waals surface area (Å²) in [5, 5.41) is 0.780. The van der Waals surface area contributed by atoms with Gasteiger partial charge in [-0.15, -0.1) is 6.42 Å². The molecule has 1 aliphatic carbocycles. The van der Waals surface area contributed by atoms with Crippen LogP contribution in [0.25, 0.3) is 0 Å². The maximum Gasteiger partial charge on any atom is 3.00 e. The maximum atomic E-state index is 3.34. The molecule has 0 spiro atoms. The third-order valence-corrected chi connectivity index (χ3v) is 3.00. The predicted octanol–water partition coefficient (Wildman–Crippen LogP) is -2.40. The van der Waals surface area contributed by atoms with Crippen LogP contribution in [-0.2, 0) is 21.7 Å². The number of halogens is 2. The van der Waals surface area contributed by atoms with E-state index in [0.29, 0.717) is 0 Å². The minimum absolute atomic E-state index is 0. The van der Waals surface area contributed by atoms with Crippen LogP contribution in [0.3, 0.4) is 0 Å². The number of rotatable bonds is 5. The molecule has 4 heteroatoms. The molecular formula is C11H17Cl2STi. The van der Waals surface area contributed by atoms with Gasteiger partial charge in [-0.1, -0.05) is 20.3 Å². The average Bonchev–Trinajstić information content (AvgIpc) is 2.49. The molecule has 0 unspecified atom stereocenters. The Morgan fingerprint density at radius 1 is 1.40 bits per heavy atom. The normalized spacial score (nSPS) is 12.6. The van der Waals surface area contributed by atoms with Gasteiger partial charge >= 0.3 is 21.7 Å². The van der Waals surface area contributed by atoms with Crippen molar-refractivity contribution >= 4 is 11.8 Å². The van der Waals surface area contributed by atoms with E-state index in [4.69, 9.17) is 0 Å². The van der Waals surface area contributed by atoms with Crippen LogP contribution >= 0.6 is 11.8 Å². The van der Waals surface area contributed by atoms with Gasteiger partial charge in [0.05, 0.1) is 0 Å². The molecule has 0 aliphatic heterocycles.